The SMILES string of the molecule is CCCNCc1ccc(F)c(-c2ccccc2OC)c1. The first-order chi connectivity index (χ1) is 9.76. The van der Waals surface area contributed by atoms with Crippen LogP contribution >= 0.6 is 0 Å². The number of halogens is 1. The fourth-order valence-corrected chi connectivity index (χ4v) is 2.17. The maximum absolute atomic E-state index is 14.1. The fourth-order valence-electron chi connectivity index (χ4n) is 2.17. The molecule has 2 aromatic rings. The van der Waals surface area contributed by atoms with E-state index < -0.39 is 0 Å². The predicted molar refractivity (Wildman–Crippen MR) is 80.4 cm³/mol. The van der Waals surface area contributed by atoms with E-state index in [0.29, 0.717) is 11.3 Å². The normalized spacial score (nSPS) is 10.6. The van der Waals surface area contributed by atoms with Crippen LogP contribution in [0.15, 0.2) is 42.5 Å². The van der Waals surface area contributed by atoms with Gasteiger partial charge in [-0.3, -0.25) is 0 Å². The lowest BCUT2D eigenvalue weighted by Crippen LogP contribution is -2.13. The number of benzene rings is 2. The molecule has 0 aromatic heterocycles. The summed E-state index contributed by atoms with van der Waals surface area (Å²) < 4.78 is 19.4. The molecule has 1 N–H and O–H groups in total. The van der Waals surface area contributed by atoms with Gasteiger partial charge in [-0.1, -0.05) is 31.2 Å². The zero-order valence-corrected chi connectivity index (χ0v) is 11.9. The molecule has 0 radical (unpaired) electrons. The number of hydrogen-bond donors (Lipinski definition) is 1. The van der Waals surface area contributed by atoms with Gasteiger partial charge in [0.15, 0.2) is 0 Å². The Morgan fingerprint density at radius 3 is 2.65 bits per heavy atom. The van der Waals surface area contributed by atoms with Gasteiger partial charge in [-0.15, -0.1) is 0 Å². The van der Waals surface area contributed by atoms with Gasteiger partial charge in [-0.2, -0.15) is 0 Å². The monoisotopic (exact) mass is 273 g/mol. The van der Waals surface area contributed by atoms with E-state index in [1.165, 1.54) is 6.07 Å². The van der Waals surface area contributed by atoms with Crippen LogP contribution < -0.4 is 10.1 Å². The molecule has 0 fully saturated rings. The van der Waals surface area contributed by atoms with Crippen LogP contribution in [-0.2, 0) is 6.54 Å². The minimum absolute atomic E-state index is 0.228. The highest BCUT2D eigenvalue weighted by Gasteiger charge is 2.10. The second-order valence-corrected chi connectivity index (χ2v) is 4.69. The molecule has 106 valence electrons. The van der Waals surface area contributed by atoms with E-state index in [1.54, 1.807) is 7.11 Å². The van der Waals surface area contributed by atoms with Crippen LogP contribution in [0.1, 0.15) is 18.9 Å². The summed E-state index contributed by atoms with van der Waals surface area (Å²) in [6.45, 7) is 3.83. The Morgan fingerprint density at radius 1 is 1.10 bits per heavy atom. The van der Waals surface area contributed by atoms with Crippen molar-refractivity contribution in [2.75, 3.05) is 13.7 Å². The molecule has 0 bridgehead atoms. The van der Waals surface area contributed by atoms with E-state index in [-0.39, 0.29) is 5.82 Å². The Morgan fingerprint density at radius 2 is 1.90 bits per heavy atom. The van der Waals surface area contributed by atoms with Crippen LogP contribution in [0, 0.1) is 5.82 Å². The Labute approximate surface area is 119 Å². The van der Waals surface area contributed by atoms with Gasteiger partial charge in [0.2, 0.25) is 0 Å². The Hall–Kier alpha value is -1.87. The summed E-state index contributed by atoms with van der Waals surface area (Å²) in [6.07, 6.45) is 1.08. The van der Waals surface area contributed by atoms with Crippen LogP contribution in [0.5, 0.6) is 5.75 Å². The molecule has 2 nitrogen and oxygen atoms in total. The number of rotatable bonds is 6. The molecule has 2 aromatic carbocycles. The predicted octanol–water partition coefficient (Wildman–Crippen LogP) is 4.00. The summed E-state index contributed by atoms with van der Waals surface area (Å²) in [7, 11) is 1.60. The third kappa shape index (κ3) is 3.36. The molecule has 0 spiro atoms. The van der Waals surface area contributed by atoms with Gasteiger partial charge in [0, 0.05) is 17.7 Å². The Balaban J connectivity index is 2.32. The zero-order valence-electron chi connectivity index (χ0n) is 11.9. The van der Waals surface area contributed by atoms with Crippen LogP contribution in [0.3, 0.4) is 0 Å². The largest absolute Gasteiger partial charge is 0.496 e. The lowest BCUT2D eigenvalue weighted by Gasteiger charge is -2.11. The van der Waals surface area contributed by atoms with E-state index in [1.807, 2.05) is 36.4 Å². The number of hydrogen-bond acceptors (Lipinski definition) is 2. The van der Waals surface area contributed by atoms with E-state index in [0.717, 1.165) is 30.6 Å². The van der Waals surface area contributed by atoms with Crippen LogP contribution in [0.25, 0.3) is 11.1 Å². The smallest absolute Gasteiger partial charge is 0.131 e. The second-order valence-electron chi connectivity index (χ2n) is 4.69. The highest BCUT2D eigenvalue weighted by Crippen LogP contribution is 2.32. The fraction of sp³-hybridized carbons (Fsp3) is 0.294. The van der Waals surface area contributed by atoms with Gasteiger partial charge in [0.1, 0.15) is 11.6 Å². The van der Waals surface area contributed by atoms with Crippen LogP contribution in [-0.4, -0.2) is 13.7 Å². The van der Waals surface area contributed by atoms with Gasteiger partial charge in [-0.25, -0.2) is 4.39 Å². The molecule has 20 heavy (non-hydrogen) atoms. The molecule has 0 atom stereocenters. The molecule has 2 rings (SSSR count). The molecule has 0 saturated carbocycles. The van der Waals surface area contributed by atoms with Gasteiger partial charge in [-0.05, 0) is 36.7 Å². The van der Waals surface area contributed by atoms with Gasteiger partial charge in [0.25, 0.3) is 0 Å². The summed E-state index contributed by atoms with van der Waals surface area (Å²) in [4.78, 5) is 0. The van der Waals surface area contributed by atoms with Crippen LogP contribution in [0.4, 0.5) is 4.39 Å². The van der Waals surface area contributed by atoms with Gasteiger partial charge < -0.3 is 10.1 Å². The molecule has 0 aliphatic heterocycles. The molecule has 0 saturated heterocycles. The maximum atomic E-state index is 14.1. The summed E-state index contributed by atoms with van der Waals surface area (Å²) in [5, 5.41) is 3.32. The minimum atomic E-state index is -0.228. The first-order valence-electron chi connectivity index (χ1n) is 6.88. The number of nitrogens with one attached hydrogen (secondary N) is 1. The molecule has 0 heterocycles. The van der Waals surface area contributed by atoms with Crippen molar-refractivity contribution in [2.24, 2.45) is 0 Å². The summed E-state index contributed by atoms with van der Waals surface area (Å²) in [5.41, 5.74) is 2.43. The van der Waals surface area contributed by atoms with Gasteiger partial charge in [0.05, 0.1) is 7.11 Å². The van der Waals surface area contributed by atoms with Crippen molar-refractivity contribution in [1.29, 1.82) is 0 Å². The Bertz CT molecular complexity index is 569. The molecule has 0 aliphatic carbocycles. The quantitative estimate of drug-likeness (QED) is 0.803. The lowest BCUT2D eigenvalue weighted by atomic mass is 10.0. The molecule has 0 unspecified atom stereocenters. The lowest BCUT2D eigenvalue weighted by molar-refractivity contribution is 0.416. The van der Waals surface area contributed by atoms with Crippen molar-refractivity contribution in [3.8, 4) is 16.9 Å². The second kappa shape index (κ2) is 7.06. The maximum Gasteiger partial charge on any atom is 0.131 e. The molecular formula is C17H20FNO. The number of ether oxygens (including phenoxy) is 1. The highest BCUT2D eigenvalue weighted by molar-refractivity contribution is 5.71. The molecule has 0 amide bonds. The third-order valence-corrected chi connectivity index (χ3v) is 3.18. The van der Waals surface area contributed by atoms with E-state index >= 15 is 0 Å². The van der Waals surface area contributed by atoms with Gasteiger partial charge >= 0.3 is 0 Å². The van der Waals surface area contributed by atoms with E-state index in [4.69, 9.17) is 4.74 Å². The molecule has 0 aliphatic rings. The minimum Gasteiger partial charge on any atom is -0.496 e. The van der Waals surface area contributed by atoms with Crippen molar-refractivity contribution in [3.05, 3.63) is 53.8 Å². The van der Waals surface area contributed by atoms with Crippen molar-refractivity contribution in [2.45, 2.75) is 19.9 Å². The first kappa shape index (κ1) is 14.5. The highest BCUT2D eigenvalue weighted by atomic mass is 19.1. The number of methoxy groups -OCH3 is 1. The third-order valence-electron chi connectivity index (χ3n) is 3.18. The van der Waals surface area contributed by atoms with E-state index in [2.05, 4.69) is 12.2 Å². The molecule has 3 heteroatoms. The van der Waals surface area contributed by atoms with Crippen LogP contribution in [0.2, 0.25) is 0 Å². The van der Waals surface area contributed by atoms with Crippen molar-refractivity contribution < 1.29 is 9.13 Å². The topological polar surface area (TPSA) is 21.3 Å². The van der Waals surface area contributed by atoms with Crippen molar-refractivity contribution in [1.82, 2.24) is 5.32 Å². The standard InChI is InChI=1S/C17H20FNO/c1-3-10-19-12-13-8-9-16(18)15(11-13)14-6-4-5-7-17(14)20-2/h4-9,11,19H,3,10,12H2,1-2H3. The average Bonchev–Trinajstić information content (AvgIpc) is 2.49. The molecular weight excluding hydrogens is 253 g/mol. The summed E-state index contributed by atoms with van der Waals surface area (Å²) in [6, 6.07) is 12.7. The summed E-state index contributed by atoms with van der Waals surface area (Å²) in [5.74, 6) is 0.457. The first-order valence-corrected chi connectivity index (χ1v) is 6.88. The zero-order chi connectivity index (χ0) is 14.4. The van der Waals surface area contributed by atoms with Crippen molar-refractivity contribution >= 4 is 0 Å². The summed E-state index contributed by atoms with van der Waals surface area (Å²) >= 11 is 0. The number of para-hydroxylation sites is 1. The Kier molecular flexibility index (Phi) is 5.13. The average molecular weight is 273 g/mol. The van der Waals surface area contributed by atoms with E-state index in [9.17, 15) is 4.39 Å². The van der Waals surface area contributed by atoms with Crippen molar-refractivity contribution in [3.63, 3.8) is 0 Å².